The Morgan fingerprint density at radius 2 is 2.10 bits per heavy atom. The van der Waals surface area contributed by atoms with Crippen LogP contribution < -0.4 is 5.32 Å². The zero-order valence-corrected chi connectivity index (χ0v) is 12.0. The fourth-order valence-corrected chi connectivity index (χ4v) is 2.35. The molecule has 0 bridgehead atoms. The van der Waals surface area contributed by atoms with Crippen LogP contribution in [-0.4, -0.2) is 53.1 Å². The van der Waals surface area contributed by atoms with Gasteiger partial charge in [0.2, 0.25) is 11.9 Å². The van der Waals surface area contributed by atoms with Crippen molar-refractivity contribution < 1.29 is 9.53 Å². The van der Waals surface area contributed by atoms with Crippen molar-refractivity contribution in [2.75, 3.05) is 31.6 Å². The number of para-hydroxylation sites is 1. The van der Waals surface area contributed by atoms with Crippen LogP contribution in [0, 0.1) is 0 Å². The van der Waals surface area contributed by atoms with Crippen LogP contribution in [0.1, 0.15) is 6.92 Å². The molecule has 1 amide bonds. The van der Waals surface area contributed by atoms with E-state index in [1.54, 1.807) is 6.20 Å². The van der Waals surface area contributed by atoms with E-state index in [0.29, 0.717) is 32.3 Å². The fourth-order valence-electron chi connectivity index (χ4n) is 2.35. The van der Waals surface area contributed by atoms with Crippen LogP contribution in [0.15, 0.2) is 30.5 Å². The van der Waals surface area contributed by atoms with Gasteiger partial charge < -0.3 is 15.0 Å². The minimum Gasteiger partial charge on any atom is -0.378 e. The van der Waals surface area contributed by atoms with E-state index in [9.17, 15) is 4.79 Å². The third-order valence-electron chi connectivity index (χ3n) is 3.53. The number of aromatic nitrogens is 2. The highest BCUT2D eigenvalue weighted by atomic mass is 16.5. The topological polar surface area (TPSA) is 67.4 Å². The van der Waals surface area contributed by atoms with Gasteiger partial charge in [0.05, 0.1) is 18.7 Å². The first kappa shape index (κ1) is 13.8. The Bertz CT molecular complexity index is 640. The number of benzene rings is 1. The Morgan fingerprint density at radius 3 is 2.90 bits per heavy atom. The summed E-state index contributed by atoms with van der Waals surface area (Å²) < 4.78 is 5.26. The average Bonchev–Trinajstić information content (AvgIpc) is 2.55. The second kappa shape index (κ2) is 6.05. The molecule has 1 aromatic heterocycles. The highest BCUT2D eigenvalue weighted by Crippen LogP contribution is 2.13. The van der Waals surface area contributed by atoms with Gasteiger partial charge in [0.15, 0.2) is 0 Å². The number of carbonyl (C=O) groups is 1. The minimum atomic E-state index is -0.357. The van der Waals surface area contributed by atoms with E-state index in [1.165, 1.54) is 0 Å². The molecule has 1 N–H and O–H groups in total. The first-order valence-corrected chi connectivity index (χ1v) is 7.09. The lowest BCUT2D eigenvalue weighted by Crippen LogP contribution is -2.47. The maximum atomic E-state index is 12.3. The standard InChI is InChI=1S/C15H18N4O2/c1-11(14(20)19-6-8-21-9-7-19)17-15-16-10-12-4-2-3-5-13(12)18-15/h2-5,10-11H,6-9H2,1H3,(H,16,17,18). The van der Waals surface area contributed by atoms with Crippen molar-refractivity contribution in [2.45, 2.75) is 13.0 Å². The molecule has 1 aromatic carbocycles. The van der Waals surface area contributed by atoms with Crippen LogP contribution in [0.4, 0.5) is 5.95 Å². The SMILES string of the molecule is CC(Nc1ncc2ccccc2n1)C(=O)N1CCOCC1. The Hall–Kier alpha value is -2.21. The molecule has 1 unspecified atom stereocenters. The number of fused-ring (bicyclic) bond motifs is 1. The lowest BCUT2D eigenvalue weighted by molar-refractivity contribution is -0.135. The van der Waals surface area contributed by atoms with E-state index in [2.05, 4.69) is 15.3 Å². The van der Waals surface area contributed by atoms with Crippen molar-refractivity contribution >= 4 is 22.8 Å². The summed E-state index contributed by atoms with van der Waals surface area (Å²) in [6.45, 7) is 4.32. The van der Waals surface area contributed by atoms with Crippen LogP contribution >= 0.6 is 0 Å². The van der Waals surface area contributed by atoms with Gasteiger partial charge in [-0.05, 0) is 13.0 Å². The van der Waals surface area contributed by atoms with Crippen molar-refractivity contribution in [3.63, 3.8) is 0 Å². The number of carbonyl (C=O) groups excluding carboxylic acids is 1. The van der Waals surface area contributed by atoms with E-state index < -0.39 is 0 Å². The van der Waals surface area contributed by atoms with Crippen molar-refractivity contribution in [2.24, 2.45) is 0 Å². The monoisotopic (exact) mass is 286 g/mol. The summed E-state index contributed by atoms with van der Waals surface area (Å²) >= 11 is 0. The summed E-state index contributed by atoms with van der Waals surface area (Å²) in [6.07, 6.45) is 1.76. The number of anilines is 1. The number of ether oxygens (including phenoxy) is 1. The summed E-state index contributed by atoms with van der Waals surface area (Å²) in [4.78, 5) is 22.8. The van der Waals surface area contributed by atoms with Crippen molar-refractivity contribution in [1.29, 1.82) is 0 Å². The first-order chi connectivity index (χ1) is 10.2. The van der Waals surface area contributed by atoms with Gasteiger partial charge >= 0.3 is 0 Å². The van der Waals surface area contributed by atoms with Crippen molar-refractivity contribution in [1.82, 2.24) is 14.9 Å². The zero-order valence-electron chi connectivity index (χ0n) is 12.0. The van der Waals surface area contributed by atoms with Gasteiger partial charge in [-0.1, -0.05) is 18.2 Å². The molecule has 3 rings (SSSR count). The van der Waals surface area contributed by atoms with Gasteiger partial charge in [-0.15, -0.1) is 0 Å². The van der Waals surface area contributed by atoms with E-state index in [1.807, 2.05) is 36.1 Å². The predicted octanol–water partition coefficient (Wildman–Crippen LogP) is 1.29. The second-order valence-electron chi connectivity index (χ2n) is 5.06. The smallest absolute Gasteiger partial charge is 0.245 e. The van der Waals surface area contributed by atoms with E-state index in [4.69, 9.17) is 4.74 Å². The summed E-state index contributed by atoms with van der Waals surface area (Å²) in [5.41, 5.74) is 0.862. The third-order valence-corrected chi connectivity index (χ3v) is 3.53. The molecule has 110 valence electrons. The van der Waals surface area contributed by atoms with Gasteiger partial charge in [0.1, 0.15) is 6.04 Å². The van der Waals surface area contributed by atoms with E-state index in [0.717, 1.165) is 10.9 Å². The maximum Gasteiger partial charge on any atom is 0.245 e. The van der Waals surface area contributed by atoms with Gasteiger partial charge in [-0.2, -0.15) is 0 Å². The van der Waals surface area contributed by atoms with Gasteiger partial charge in [-0.25, -0.2) is 9.97 Å². The van der Waals surface area contributed by atoms with Crippen LogP contribution in [0.3, 0.4) is 0 Å². The normalized spacial score (nSPS) is 16.7. The van der Waals surface area contributed by atoms with E-state index in [-0.39, 0.29) is 11.9 Å². The number of nitrogens with one attached hydrogen (secondary N) is 1. The highest BCUT2D eigenvalue weighted by Gasteiger charge is 2.22. The number of morpholine rings is 1. The summed E-state index contributed by atoms with van der Waals surface area (Å²) in [7, 11) is 0. The highest BCUT2D eigenvalue weighted by molar-refractivity contribution is 5.84. The van der Waals surface area contributed by atoms with Crippen LogP contribution in [0.25, 0.3) is 10.9 Å². The molecule has 1 aliphatic rings. The molecule has 0 saturated carbocycles. The minimum absolute atomic E-state index is 0.0510. The lowest BCUT2D eigenvalue weighted by atomic mass is 10.2. The molecule has 0 spiro atoms. The molecule has 0 radical (unpaired) electrons. The van der Waals surface area contributed by atoms with Crippen LogP contribution in [0.5, 0.6) is 0 Å². The Kier molecular flexibility index (Phi) is 3.96. The molecule has 1 fully saturated rings. The maximum absolute atomic E-state index is 12.3. The molecule has 1 atom stereocenters. The Morgan fingerprint density at radius 1 is 1.33 bits per heavy atom. The molecule has 2 heterocycles. The van der Waals surface area contributed by atoms with Gasteiger partial charge in [-0.3, -0.25) is 4.79 Å². The quantitative estimate of drug-likeness (QED) is 0.921. The zero-order chi connectivity index (χ0) is 14.7. The first-order valence-electron chi connectivity index (χ1n) is 7.09. The molecule has 6 heteroatoms. The largest absolute Gasteiger partial charge is 0.378 e. The molecule has 6 nitrogen and oxygen atoms in total. The number of amides is 1. The van der Waals surface area contributed by atoms with Crippen LogP contribution in [-0.2, 0) is 9.53 Å². The number of hydrogen-bond donors (Lipinski definition) is 1. The number of nitrogens with zero attached hydrogens (tertiary/aromatic N) is 3. The molecule has 21 heavy (non-hydrogen) atoms. The Labute approximate surface area is 123 Å². The summed E-state index contributed by atoms with van der Waals surface area (Å²) in [6, 6.07) is 7.41. The van der Waals surface area contributed by atoms with Gasteiger partial charge in [0.25, 0.3) is 0 Å². The Balaban J connectivity index is 1.70. The summed E-state index contributed by atoms with van der Waals surface area (Å²) in [5, 5.41) is 4.06. The van der Waals surface area contributed by atoms with Crippen molar-refractivity contribution in [3.05, 3.63) is 30.5 Å². The molecule has 0 aliphatic carbocycles. The number of hydrogen-bond acceptors (Lipinski definition) is 5. The molecule has 1 saturated heterocycles. The molecular weight excluding hydrogens is 268 g/mol. The molecular formula is C15H18N4O2. The molecule has 2 aromatic rings. The third kappa shape index (κ3) is 3.11. The van der Waals surface area contributed by atoms with E-state index >= 15 is 0 Å². The van der Waals surface area contributed by atoms with Crippen LogP contribution in [0.2, 0.25) is 0 Å². The lowest BCUT2D eigenvalue weighted by Gasteiger charge is -2.29. The molecule has 1 aliphatic heterocycles. The average molecular weight is 286 g/mol. The van der Waals surface area contributed by atoms with Gasteiger partial charge in [0, 0.05) is 24.7 Å². The fraction of sp³-hybridized carbons (Fsp3) is 0.400. The summed E-state index contributed by atoms with van der Waals surface area (Å²) in [5.74, 6) is 0.526. The number of rotatable bonds is 3. The van der Waals surface area contributed by atoms with Crippen molar-refractivity contribution in [3.8, 4) is 0 Å². The predicted molar refractivity (Wildman–Crippen MR) is 80.0 cm³/mol. The second-order valence-corrected chi connectivity index (χ2v) is 5.06.